The molecule has 0 radical (unpaired) electrons. The first-order chi connectivity index (χ1) is 11.6. The van der Waals surface area contributed by atoms with Gasteiger partial charge in [-0.2, -0.15) is 4.98 Å². The van der Waals surface area contributed by atoms with E-state index in [-0.39, 0.29) is 11.5 Å². The van der Waals surface area contributed by atoms with Gasteiger partial charge < -0.3 is 19.1 Å². The molecular weight excluding hydrogens is 312 g/mol. The molecule has 0 spiro atoms. The minimum Gasteiger partial charge on any atom is -0.497 e. The maximum atomic E-state index is 11.3. The molecule has 1 N–H and O–H groups in total. The third kappa shape index (κ3) is 2.91. The number of benzene rings is 2. The molecule has 2 aromatic carbocycles. The minimum absolute atomic E-state index is 0.0934. The van der Waals surface area contributed by atoms with E-state index in [0.29, 0.717) is 28.5 Å². The first-order valence-corrected chi connectivity index (χ1v) is 7.02. The molecule has 1 heterocycles. The van der Waals surface area contributed by atoms with E-state index >= 15 is 0 Å². The fraction of sp³-hybridized carbons (Fsp3) is 0.118. The number of hydrogen-bond donors (Lipinski definition) is 1. The summed E-state index contributed by atoms with van der Waals surface area (Å²) in [6, 6.07) is 11.6. The number of aromatic nitrogens is 2. The molecule has 0 saturated heterocycles. The fourth-order valence-corrected chi connectivity index (χ4v) is 2.24. The molecule has 0 fully saturated rings. The van der Waals surface area contributed by atoms with Crippen LogP contribution in [0, 0.1) is 0 Å². The number of methoxy groups -OCH3 is 2. The van der Waals surface area contributed by atoms with Crippen LogP contribution in [0.2, 0.25) is 0 Å². The van der Waals surface area contributed by atoms with Gasteiger partial charge in [-0.3, -0.25) is 0 Å². The van der Waals surface area contributed by atoms with Gasteiger partial charge in [-0.25, -0.2) is 4.79 Å². The van der Waals surface area contributed by atoms with E-state index in [2.05, 4.69) is 10.1 Å². The third-order valence-corrected chi connectivity index (χ3v) is 3.42. The zero-order chi connectivity index (χ0) is 17.1. The summed E-state index contributed by atoms with van der Waals surface area (Å²) >= 11 is 0. The van der Waals surface area contributed by atoms with Crippen LogP contribution in [-0.4, -0.2) is 35.4 Å². The highest BCUT2D eigenvalue weighted by Gasteiger charge is 2.18. The normalized spacial score (nSPS) is 10.4. The van der Waals surface area contributed by atoms with Crippen molar-refractivity contribution < 1.29 is 23.9 Å². The van der Waals surface area contributed by atoms with E-state index in [1.165, 1.54) is 6.07 Å². The number of hydrogen-bond acceptors (Lipinski definition) is 6. The standard InChI is InChI=1S/C17H14N2O5/c1-22-11-7-10(8-12(9-11)23-2)15-18-16(24-19-15)13-5-3-4-6-14(13)17(20)21/h3-9H,1-2H3,(H,20,21). The van der Waals surface area contributed by atoms with Crippen LogP contribution in [-0.2, 0) is 0 Å². The first kappa shape index (κ1) is 15.5. The van der Waals surface area contributed by atoms with Crippen LogP contribution < -0.4 is 9.47 Å². The van der Waals surface area contributed by atoms with Gasteiger partial charge in [0, 0.05) is 11.6 Å². The minimum atomic E-state index is -1.06. The summed E-state index contributed by atoms with van der Waals surface area (Å²) in [5, 5.41) is 13.2. The second-order valence-corrected chi connectivity index (χ2v) is 4.88. The molecule has 3 aromatic rings. The Morgan fingerprint density at radius 2 is 1.75 bits per heavy atom. The molecule has 0 saturated carbocycles. The monoisotopic (exact) mass is 326 g/mol. The Morgan fingerprint density at radius 1 is 1.08 bits per heavy atom. The maximum absolute atomic E-state index is 11.3. The summed E-state index contributed by atoms with van der Waals surface area (Å²) < 4.78 is 15.7. The average molecular weight is 326 g/mol. The van der Waals surface area contributed by atoms with Crippen molar-refractivity contribution in [3.05, 3.63) is 48.0 Å². The largest absolute Gasteiger partial charge is 0.497 e. The third-order valence-electron chi connectivity index (χ3n) is 3.42. The Balaban J connectivity index is 2.05. The van der Waals surface area contributed by atoms with Crippen molar-refractivity contribution in [2.45, 2.75) is 0 Å². The molecule has 0 aliphatic heterocycles. The lowest BCUT2D eigenvalue weighted by molar-refractivity contribution is 0.0697. The number of carboxylic acid groups (broad SMARTS) is 1. The predicted molar refractivity (Wildman–Crippen MR) is 85.2 cm³/mol. The molecule has 0 unspecified atom stereocenters. The van der Waals surface area contributed by atoms with Crippen molar-refractivity contribution in [1.82, 2.24) is 10.1 Å². The number of aromatic carboxylic acids is 1. The number of carboxylic acids is 1. The van der Waals surface area contributed by atoms with E-state index in [1.807, 2.05) is 0 Å². The summed E-state index contributed by atoms with van der Waals surface area (Å²) in [7, 11) is 3.09. The summed E-state index contributed by atoms with van der Waals surface area (Å²) in [4.78, 5) is 15.6. The highest BCUT2D eigenvalue weighted by molar-refractivity contribution is 5.94. The Labute approximate surface area is 137 Å². The lowest BCUT2D eigenvalue weighted by Gasteiger charge is -2.05. The molecule has 1 aromatic heterocycles. The van der Waals surface area contributed by atoms with Crippen molar-refractivity contribution in [3.8, 4) is 34.3 Å². The number of nitrogens with zero attached hydrogens (tertiary/aromatic N) is 2. The van der Waals surface area contributed by atoms with Gasteiger partial charge >= 0.3 is 5.97 Å². The van der Waals surface area contributed by atoms with E-state index < -0.39 is 5.97 Å². The maximum Gasteiger partial charge on any atom is 0.336 e. The Hall–Kier alpha value is -3.35. The topological polar surface area (TPSA) is 94.7 Å². The second kappa shape index (κ2) is 6.41. The van der Waals surface area contributed by atoms with Gasteiger partial charge in [0.05, 0.1) is 25.3 Å². The van der Waals surface area contributed by atoms with Gasteiger partial charge in [-0.1, -0.05) is 17.3 Å². The summed E-state index contributed by atoms with van der Waals surface area (Å²) in [6.45, 7) is 0. The van der Waals surface area contributed by atoms with E-state index in [9.17, 15) is 9.90 Å². The molecule has 0 amide bonds. The molecule has 122 valence electrons. The van der Waals surface area contributed by atoms with Crippen molar-refractivity contribution >= 4 is 5.97 Å². The fourth-order valence-electron chi connectivity index (χ4n) is 2.24. The average Bonchev–Trinajstić information content (AvgIpc) is 3.11. The molecule has 3 rings (SSSR count). The van der Waals surface area contributed by atoms with Gasteiger partial charge in [0.15, 0.2) is 0 Å². The number of carbonyl (C=O) groups is 1. The second-order valence-electron chi connectivity index (χ2n) is 4.88. The van der Waals surface area contributed by atoms with E-state index in [0.717, 1.165) is 0 Å². The molecule has 24 heavy (non-hydrogen) atoms. The van der Waals surface area contributed by atoms with Crippen LogP contribution >= 0.6 is 0 Å². The smallest absolute Gasteiger partial charge is 0.336 e. The van der Waals surface area contributed by atoms with Gasteiger partial charge in [0.25, 0.3) is 5.89 Å². The van der Waals surface area contributed by atoms with Crippen molar-refractivity contribution in [2.75, 3.05) is 14.2 Å². The van der Waals surface area contributed by atoms with Gasteiger partial charge in [-0.15, -0.1) is 0 Å². The van der Waals surface area contributed by atoms with E-state index in [4.69, 9.17) is 14.0 Å². The van der Waals surface area contributed by atoms with Crippen LogP contribution in [0.1, 0.15) is 10.4 Å². The lowest BCUT2D eigenvalue weighted by Crippen LogP contribution is -1.99. The van der Waals surface area contributed by atoms with Crippen LogP contribution in [0.5, 0.6) is 11.5 Å². The Bertz CT molecular complexity index is 866. The van der Waals surface area contributed by atoms with Crippen molar-refractivity contribution in [2.24, 2.45) is 0 Å². The molecule has 7 nitrogen and oxygen atoms in total. The number of rotatable bonds is 5. The summed E-state index contributed by atoms with van der Waals surface area (Å²) in [6.07, 6.45) is 0. The molecule has 0 aliphatic rings. The predicted octanol–water partition coefficient (Wildman–Crippen LogP) is 3.12. The highest BCUT2D eigenvalue weighted by Crippen LogP contribution is 2.30. The highest BCUT2D eigenvalue weighted by atomic mass is 16.5. The molecule has 0 aliphatic carbocycles. The first-order valence-electron chi connectivity index (χ1n) is 7.02. The quantitative estimate of drug-likeness (QED) is 0.769. The Kier molecular flexibility index (Phi) is 4.15. The summed E-state index contributed by atoms with van der Waals surface area (Å²) in [5.74, 6) is 0.545. The van der Waals surface area contributed by atoms with E-state index in [1.54, 1.807) is 50.6 Å². The van der Waals surface area contributed by atoms with Crippen LogP contribution in [0.25, 0.3) is 22.8 Å². The molecule has 0 bridgehead atoms. The van der Waals surface area contributed by atoms with Crippen molar-refractivity contribution in [1.29, 1.82) is 0 Å². The number of ether oxygens (including phenoxy) is 2. The zero-order valence-electron chi connectivity index (χ0n) is 13.0. The lowest BCUT2D eigenvalue weighted by atomic mass is 10.1. The zero-order valence-corrected chi connectivity index (χ0v) is 13.0. The van der Waals surface area contributed by atoms with Crippen LogP contribution in [0.3, 0.4) is 0 Å². The SMILES string of the molecule is COc1cc(OC)cc(-c2noc(-c3ccccc3C(=O)O)n2)c1. The Morgan fingerprint density at radius 3 is 2.38 bits per heavy atom. The summed E-state index contributed by atoms with van der Waals surface area (Å²) in [5.41, 5.74) is 1.09. The molecule has 7 heteroatoms. The molecular formula is C17H14N2O5. The van der Waals surface area contributed by atoms with Gasteiger partial charge in [0.1, 0.15) is 11.5 Å². The van der Waals surface area contributed by atoms with Crippen molar-refractivity contribution in [3.63, 3.8) is 0 Å². The van der Waals surface area contributed by atoms with Gasteiger partial charge in [0.2, 0.25) is 5.82 Å². The molecule has 0 atom stereocenters. The van der Waals surface area contributed by atoms with Crippen LogP contribution in [0.15, 0.2) is 47.0 Å². The van der Waals surface area contributed by atoms with Crippen LogP contribution in [0.4, 0.5) is 0 Å². The van der Waals surface area contributed by atoms with Gasteiger partial charge in [-0.05, 0) is 24.3 Å².